The Labute approximate surface area is 121 Å². The third-order valence-corrected chi connectivity index (χ3v) is 5.40. The van der Waals surface area contributed by atoms with E-state index >= 15 is 0 Å². The molecule has 0 amide bonds. The lowest BCUT2D eigenvalue weighted by molar-refractivity contribution is 0.596. The Bertz CT molecular complexity index is 393. The topological polar surface area (TPSA) is 26.0 Å². The van der Waals surface area contributed by atoms with Gasteiger partial charge in [-0.25, -0.2) is 4.39 Å². The molecule has 0 bridgehead atoms. The standard InChI is InChI=1S/C14H19BrFNS/c15-11-6-5-10(14(16)8-11)7-12(17)9-18-13-3-1-2-4-13/h5-6,8,12-13H,1-4,7,9,17H2. The Morgan fingerprint density at radius 2 is 2.11 bits per heavy atom. The molecule has 4 heteroatoms. The molecule has 2 N–H and O–H groups in total. The van der Waals surface area contributed by atoms with Gasteiger partial charge in [-0.3, -0.25) is 0 Å². The molecular weight excluding hydrogens is 313 g/mol. The zero-order valence-corrected chi connectivity index (χ0v) is 12.8. The zero-order valence-electron chi connectivity index (χ0n) is 10.4. The highest BCUT2D eigenvalue weighted by molar-refractivity contribution is 9.10. The van der Waals surface area contributed by atoms with Crippen molar-refractivity contribution >= 4 is 27.7 Å². The SMILES string of the molecule is NC(CSC1CCCC1)Cc1ccc(Br)cc1F. The van der Waals surface area contributed by atoms with E-state index in [4.69, 9.17) is 5.73 Å². The Balaban J connectivity index is 1.80. The summed E-state index contributed by atoms with van der Waals surface area (Å²) in [5.41, 5.74) is 6.81. The van der Waals surface area contributed by atoms with Gasteiger partial charge in [-0.1, -0.05) is 34.8 Å². The quantitative estimate of drug-likeness (QED) is 0.877. The molecule has 1 fully saturated rings. The van der Waals surface area contributed by atoms with Crippen molar-refractivity contribution in [3.05, 3.63) is 34.1 Å². The molecular formula is C14H19BrFNS. The molecule has 1 atom stereocenters. The minimum absolute atomic E-state index is 0.0475. The van der Waals surface area contributed by atoms with Crippen LogP contribution in [0.3, 0.4) is 0 Å². The summed E-state index contributed by atoms with van der Waals surface area (Å²) in [7, 11) is 0. The minimum Gasteiger partial charge on any atom is -0.327 e. The number of nitrogens with two attached hydrogens (primary N) is 1. The molecule has 0 heterocycles. The number of hydrogen-bond donors (Lipinski definition) is 1. The van der Waals surface area contributed by atoms with E-state index in [1.54, 1.807) is 0 Å². The number of hydrogen-bond acceptors (Lipinski definition) is 2. The van der Waals surface area contributed by atoms with Crippen molar-refractivity contribution < 1.29 is 4.39 Å². The Morgan fingerprint density at radius 1 is 1.39 bits per heavy atom. The fourth-order valence-electron chi connectivity index (χ4n) is 2.34. The maximum Gasteiger partial charge on any atom is 0.127 e. The van der Waals surface area contributed by atoms with Gasteiger partial charge >= 0.3 is 0 Å². The molecule has 2 rings (SSSR count). The van der Waals surface area contributed by atoms with E-state index < -0.39 is 0 Å². The average molecular weight is 332 g/mol. The van der Waals surface area contributed by atoms with Gasteiger partial charge in [0.15, 0.2) is 0 Å². The Hall–Kier alpha value is -0.0600. The average Bonchev–Trinajstić information content (AvgIpc) is 2.83. The van der Waals surface area contributed by atoms with E-state index in [1.807, 2.05) is 23.9 Å². The van der Waals surface area contributed by atoms with Crippen molar-refractivity contribution in [2.75, 3.05) is 5.75 Å². The molecule has 0 aliphatic heterocycles. The fraction of sp³-hybridized carbons (Fsp3) is 0.571. The van der Waals surface area contributed by atoms with E-state index in [0.717, 1.165) is 21.0 Å². The van der Waals surface area contributed by atoms with E-state index in [1.165, 1.54) is 31.7 Å². The minimum atomic E-state index is -0.161. The lowest BCUT2D eigenvalue weighted by Gasteiger charge is -2.15. The van der Waals surface area contributed by atoms with Gasteiger partial charge in [0.05, 0.1) is 0 Å². The summed E-state index contributed by atoms with van der Waals surface area (Å²) in [5.74, 6) is 0.769. The van der Waals surface area contributed by atoms with Crippen LogP contribution in [0.25, 0.3) is 0 Å². The van der Waals surface area contributed by atoms with Crippen LogP contribution in [0.15, 0.2) is 22.7 Å². The van der Waals surface area contributed by atoms with Crippen molar-refractivity contribution in [3.63, 3.8) is 0 Å². The molecule has 1 aromatic carbocycles. The number of benzene rings is 1. The highest BCUT2D eigenvalue weighted by atomic mass is 79.9. The summed E-state index contributed by atoms with van der Waals surface area (Å²) in [6.45, 7) is 0. The van der Waals surface area contributed by atoms with Crippen LogP contribution in [-0.4, -0.2) is 17.0 Å². The molecule has 1 unspecified atom stereocenters. The van der Waals surface area contributed by atoms with Crippen LogP contribution in [-0.2, 0) is 6.42 Å². The molecule has 1 aliphatic carbocycles. The lowest BCUT2D eigenvalue weighted by Crippen LogP contribution is -2.27. The molecule has 18 heavy (non-hydrogen) atoms. The largest absolute Gasteiger partial charge is 0.327 e. The van der Waals surface area contributed by atoms with Crippen LogP contribution in [0.1, 0.15) is 31.2 Å². The summed E-state index contributed by atoms with van der Waals surface area (Å²) in [6.07, 6.45) is 5.98. The molecule has 0 spiro atoms. The van der Waals surface area contributed by atoms with Gasteiger partial charge in [0.25, 0.3) is 0 Å². The van der Waals surface area contributed by atoms with Gasteiger partial charge in [0, 0.05) is 21.5 Å². The number of halogens is 2. The summed E-state index contributed by atoms with van der Waals surface area (Å²) in [5, 5.41) is 0.783. The van der Waals surface area contributed by atoms with Crippen molar-refractivity contribution in [1.82, 2.24) is 0 Å². The van der Waals surface area contributed by atoms with E-state index in [0.29, 0.717) is 6.42 Å². The third-order valence-electron chi connectivity index (χ3n) is 3.35. The number of rotatable bonds is 5. The molecule has 1 saturated carbocycles. The maximum atomic E-state index is 13.7. The van der Waals surface area contributed by atoms with Crippen LogP contribution in [0, 0.1) is 5.82 Å². The second kappa shape index (κ2) is 6.92. The molecule has 1 nitrogen and oxygen atoms in total. The summed E-state index contributed by atoms with van der Waals surface area (Å²) < 4.78 is 14.4. The van der Waals surface area contributed by atoms with Gasteiger partial charge in [0.2, 0.25) is 0 Å². The van der Waals surface area contributed by atoms with Crippen molar-refractivity contribution in [2.45, 2.75) is 43.4 Å². The van der Waals surface area contributed by atoms with E-state index in [2.05, 4.69) is 15.9 Å². The molecule has 0 saturated heterocycles. The molecule has 1 aliphatic rings. The highest BCUT2D eigenvalue weighted by Gasteiger charge is 2.17. The van der Waals surface area contributed by atoms with Gasteiger partial charge < -0.3 is 5.73 Å². The zero-order chi connectivity index (χ0) is 13.0. The predicted octanol–water partition coefficient (Wildman–Crippen LogP) is 4.13. The highest BCUT2D eigenvalue weighted by Crippen LogP contribution is 2.29. The first-order valence-electron chi connectivity index (χ1n) is 6.46. The van der Waals surface area contributed by atoms with Crippen LogP contribution in [0.4, 0.5) is 4.39 Å². The Kier molecular flexibility index (Phi) is 5.52. The predicted molar refractivity (Wildman–Crippen MR) is 80.5 cm³/mol. The van der Waals surface area contributed by atoms with Crippen LogP contribution < -0.4 is 5.73 Å². The fourth-order valence-corrected chi connectivity index (χ4v) is 3.98. The van der Waals surface area contributed by atoms with Gasteiger partial charge in [0.1, 0.15) is 5.82 Å². The van der Waals surface area contributed by atoms with E-state index in [9.17, 15) is 4.39 Å². The molecule has 0 aromatic heterocycles. The first kappa shape index (κ1) is 14.4. The van der Waals surface area contributed by atoms with Crippen molar-refractivity contribution in [1.29, 1.82) is 0 Å². The smallest absolute Gasteiger partial charge is 0.127 e. The second-order valence-corrected chi connectivity index (χ2v) is 7.19. The summed E-state index contributed by atoms with van der Waals surface area (Å²) in [6, 6.07) is 5.24. The van der Waals surface area contributed by atoms with Crippen LogP contribution in [0.2, 0.25) is 0 Å². The van der Waals surface area contributed by atoms with Gasteiger partial charge in [-0.15, -0.1) is 0 Å². The molecule has 0 radical (unpaired) electrons. The maximum absolute atomic E-state index is 13.7. The Morgan fingerprint density at radius 3 is 2.78 bits per heavy atom. The van der Waals surface area contributed by atoms with Crippen molar-refractivity contribution in [3.8, 4) is 0 Å². The first-order chi connectivity index (χ1) is 8.65. The summed E-state index contributed by atoms with van der Waals surface area (Å²) >= 11 is 5.23. The molecule has 100 valence electrons. The van der Waals surface area contributed by atoms with Crippen LogP contribution in [0.5, 0.6) is 0 Å². The third kappa shape index (κ3) is 4.25. The van der Waals surface area contributed by atoms with Crippen LogP contribution >= 0.6 is 27.7 Å². The number of thioether (sulfide) groups is 1. The van der Waals surface area contributed by atoms with E-state index in [-0.39, 0.29) is 11.9 Å². The summed E-state index contributed by atoms with van der Waals surface area (Å²) in [4.78, 5) is 0. The first-order valence-corrected chi connectivity index (χ1v) is 8.30. The van der Waals surface area contributed by atoms with Crippen molar-refractivity contribution in [2.24, 2.45) is 5.73 Å². The second-order valence-electron chi connectivity index (χ2n) is 4.94. The molecule has 1 aromatic rings. The van der Waals surface area contributed by atoms with Gasteiger partial charge in [-0.2, -0.15) is 11.8 Å². The monoisotopic (exact) mass is 331 g/mol. The lowest BCUT2D eigenvalue weighted by atomic mass is 10.1. The van der Waals surface area contributed by atoms with Gasteiger partial charge in [-0.05, 0) is 37.0 Å². The normalized spacial score (nSPS) is 18.2.